The molecule has 0 aliphatic carbocycles. The van der Waals surface area contributed by atoms with Gasteiger partial charge >= 0.3 is 12.3 Å². The molecule has 1 N–H and O–H groups in total. The van der Waals surface area contributed by atoms with Gasteiger partial charge in [-0.05, 0) is 53.4 Å². The molecule has 3 aromatic carbocycles. The average molecular weight is 462 g/mol. The number of ether oxygens (including phenoxy) is 2. The van der Waals surface area contributed by atoms with E-state index in [-0.39, 0.29) is 5.75 Å². The van der Waals surface area contributed by atoms with Crippen molar-refractivity contribution in [2.45, 2.75) is 12.8 Å². The number of benzene rings is 3. The summed E-state index contributed by atoms with van der Waals surface area (Å²) in [4.78, 5) is 11.8. The molecule has 0 aliphatic rings. The van der Waals surface area contributed by atoms with Crippen molar-refractivity contribution in [1.82, 2.24) is 0 Å². The van der Waals surface area contributed by atoms with E-state index in [9.17, 15) is 18.0 Å². The Morgan fingerprint density at radius 1 is 1.00 bits per heavy atom. The van der Waals surface area contributed by atoms with Crippen LogP contribution in [0.2, 0.25) is 5.02 Å². The lowest BCUT2D eigenvalue weighted by molar-refractivity contribution is -0.274. The Morgan fingerprint density at radius 3 is 2.19 bits per heavy atom. The zero-order valence-corrected chi connectivity index (χ0v) is 17.7. The molecule has 0 bridgehead atoms. The first-order valence-corrected chi connectivity index (χ1v) is 9.86. The summed E-state index contributed by atoms with van der Waals surface area (Å²) in [5, 5.41) is 3.72. The molecule has 4 nitrogen and oxygen atoms in total. The standard InChI is InChI=1S/C24H19ClF3NO3/c1-31-23(30)15-22(29-20-4-2-3-19(25)14-20)18-9-5-16(6-10-18)13-17-7-11-21(12-8-17)32-24(26,27)28/h2-12,14-15,29H,13H2,1H3/b22-15-. The van der Waals surface area contributed by atoms with E-state index >= 15 is 0 Å². The highest BCUT2D eigenvalue weighted by atomic mass is 35.5. The molecule has 0 atom stereocenters. The van der Waals surface area contributed by atoms with Crippen LogP contribution in [0.5, 0.6) is 5.75 Å². The maximum absolute atomic E-state index is 12.3. The number of alkyl halides is 3. The van der Waals surface area contributed by atoms with E-state index in [0.717, 1.165) is 16.7 Å². The molecule has 32 heavy (non-hydrogen) atoms. The zero-order chi connectivity index (χ0) is 23.1. The van der Waals surface area contributed by atoms with Crippen LogP contribution in [-0.2, 0) is 16.0 Å². The van der Waals surface area contributed by atoms with Crippen LogP contribution in [0.15, 0.2) is 78.9 Å². The number of methoxy groups -OCH3 is 1. The van der Waals surface area contributed by atoms with Crippen molar-refractivity contribution >= 4 is 29.0 Å². The lowest BCUT2D eigenvalue weighted by atomic mass is 10.0. The van der Waals surface area contributed by atoms with Gasteiger partial charge in [0, 0.05) is 16.8 Å². The third-order valence-electron chi connectivity index (χ3n) is 4.40. The number of nitrogens with one attached hydrogen (secondary N) is 1. The quantitative estimate of drug-likeness (QED) is 0.324. The molecule has 8 heteroatoms. The molecule has 0 fully saturated rings. The van der Waals surface area contributed by atoms with Gasteiger partial charge in [0.05, 0.1) is 12.8 Å². The van der Waals surface area contributed by atoms with Gasteiger partial charge in [0.1, 0.15) is 5.75 Å². The molecule has 0 radical (unpaired) electrons. The number of halogens is 4. The van der Waals surface area contributed by atoms with Gasteiger partial charge in [0.15, 0.2) is 0 Å². The number of esters is 1. The van der Waals surface area contributed by atoms with Crippen LogP contribution in [0.25, 0.3) is 5.70 Å². The summed E-state index contributed by atoms with van der Waals surface area (Å²) in [6.45, 7) is 0. The molecule has 0 saturated carbocycles. The molecule has 0 saturated heterocycles. The Bertz CT molecular complexity index is 1090. The highest BCUT2D eigenvalue weighted by Crippen LogP contribution is 2.25. The molecule has 0 aromatic heterocycles. The van der Waals surface area contributed by atoms with E-state index < -0.39 is 12.3 Å². The summed E-state index contributed by atoms with van der Waals surface area (Å²) in [7, 11) is 1.30. The molecule has 3 rings (SSSR count). The maximum atomic E-state index is 12.3. The lowest BCUT2D eigenvalue weighted by Gasteiger charge is -2.13. The third-order valence-corrected chi connectivity index (χ3v) is 4.63. The van der Waals surface area contributed by atoms with Crippen molar-refractivity contribution in [2.24, 2.45) is 0 Å². The van der Waals surface area contributed by atoms with Gasteiger partial charge in [-0.15, -0.1) is 13.2 Å². The minimum atomic E-state index is -4.72. The number of carbonyl (C=O) groups is 1. The van der Waals surface area contributed by atoms with Crippen molar-refractivity contribution < 1.29 is 27.4 Å². The Balaban J connectivity index is 1.75. The van der Waals surface area contributed by atoms with Crippen LogP contribution in [0.4, 0.5) is 18.9 Å². The number of hydrogen-bond donors (Lipinski definition) is 1. The van der Waals surface area contributed by atoms with Gasteiger partial charge < -0.3 is 14.8 Å². The second-order valence-corrected chi connectivity index (χ2v) is 7.22. The van der Waals surface area contributed by atoms with Crippen LogP contribution in [-0.4, -0.2) is 19.4 Å². The molecule has 0 amide bonds. The van der Waals surface area contributed by atoms with E-state index in [1.807, 2.05) is 30.3 Å². The minimum absolute atomic E-state index is 0.263. The van der Waals surface area contributed by atoms with Crippen molar-refractivity contribution in [2.75, 3.05) is 12.4 Å². The molecular formula is C24H19ClF3NO3. The first-order valence-electron chi connectivity index (χ1n) is 9.48. The van der Waals surface area contributed by atoms with Crippen molar-refractivity contribution in [3.05, 3.63) is 101 Å². The second-order valence-electron chi connectivity index (χ2n) is 6.78. The van der Waals surface area contributed by atoms with E-state index in [0.29, 0.717) is 22.8 Å². The van der Waals surface area contributed by atoms with Crippen LogP contribution in [0, 0.1) is 0 Å². The van der Waals surface area contributed by atoms with E-state index in [2.05, 4.69) is 10.1 Å². The normalized spacial score (nSPS) is 11.7. The maximum Gasteiger partial charge on any atom is 0.573 e. The highest BCUT2D eigenvalue weighted by Gasteiger charge is 2.30. The zero-order valence-electron chi connectivity index (χ0n) is 16.9. The van der Waals surface area contributed by atoms with Crippen LogP contribution in [0.1, 0.15) is 16.7 Å². The molecule has 0 unspecified atom stereocenters. The molecule has 3 aromatic rings. The smallest absolute Gasteiger partial charge is 0.466 e. The lowest BCUT2D eigenvalue weighted by Crippen LogP contribution is -2.17. The fourth-order valence-corrected chi connectivity index (χ4v) is 3.13. The Hall–Kier alpha value is -3.45. The van der Waals surface area contributed by atoms with E-state index in [1.54, 1.807) is 30.3 Å². The second kappa shape index (κ2) is 10.2. The van der Waals surface area contributed by atoms with Crippen molar-refractivity contribution in [3.8, 4) is 5.75 Å². The van der Waals surface area contributed by atoms with Gasteiger partial charge in [-0.25, -0.2) is 4.79 Å². The number of anilines is 1. The van der Waals surface area contributed by atoms with Gasteiger partial charge in [-0.1, -0.05) is 54.1 Å². The molecule has 0 spiro atoms. The fourth-order valence-electron chi connectivity index (χ4n) is 2.94. The Morgan fingerprint density at radius 2 is 1.62 bits per heavy atom. The number of rotatable bonds is 7. The minimum Gasteiger partial charge on any atom is -0.466 e. The summed E-state index contributed by atoms with van der Waals surface area (Å²) >= 11 is 6.03. The van der Waals surface area contributed by atoms with Crippen LogP contribution in [0.3, 0.4) is 0 Å². The molecule has 0 heterocycles. The van der Waals surface area contributed by atoms with Gasteiger partial charge in [-0.3, -0.25) is 0 Å². The van der Waals surface area contributed by atoms with Crippen molar-refractivity contribution in [1.29, 1.82) is 0 Å². The van der Waals surface area contributed by atoms with Gasteiger partial charge in [-0.2, -0.15) is 0 Å². The summed E-state index contributed by atoms with van der Waals surface area (Å²) in [5.74, 6) is -0.777. The Labute approximate surface area is 188 Å². The summed E-state index contributed by atoms with van der Waals surface area (Å²) in [6.07, 6.45) is -2.86. The summed E-state index contributed by atoms with van der Waals surface area (Å²) in [5.41, 5.74) is 3.75. The largest absolute Gasteiger partial charge is 0.573 e. The number of carbonyl (C=O) groups excluding carboxylic acids is 1. The SMILES string of the molecule is COC(=O)/C=C(\Nc1cccc(Cl)c1)c1ccc(Cc2ccc(OC(F)(F)F)cc2)cc1. The van der Waals surface area contributed by atoms with Gasteiger partial charge in [0.25, 0.3) is 0 Å². The molecule has 0 aliphatic heterocycles. The fraction of sp³-hybridized carbons (Fsp3) is 0.125. The molecular weight excluding hydrogens is 443 g/mol. The van der Waals surface area contributed by atoms with Crippen LogP contribution < -0.4 is 10.1 Å². The summed E-state index contributed by atoms with van der Waals surface area (Å²) in [6, 6.07) is 20.2. The van der Waals surface area contributed by atoms with E-state index in [1.165, 1.54) is 25.3 Å². The Kier molecular flexibility index (Phi) is 7.43. The third kappa shape index (κ3) is 7.06. The van der Waals surface area contributed by atoms with E-state index in [4.69, 9.17) is 16.3 Å². The highest BCUT2D eigenvalue weighted by molar-refractivity contribution is 6.30. The molecule has 166 valence electrons. The summed E-state index contributed by atoms with van der Waals surface area (Å²) < 4.78 is 45.5. The number of hydrogen-bond acceptors (Lipinski definition) is 4. The predicted octanol–water partition coefficient (Wildman–Crippen LogP) is 6.46. The van der Waals surface area contributed by atoms with Crippen LogP contribution >= 0.6 is 11.6 Å². The van der Waals surface area contributed by atoms with Gasteiger partial charge in [0.2, 0.25) is 0 Å². The topological polar surface area (TPSA) is 47.6 Å². The van der Waals surface area contributed by atoms with Crippen molar-refractivity contribution in [3.63, 3.8) is 0 Å². The first-order chi connectivity index (χ1) is 15.2. The predicted molar refractivity (Wildman–Crippen MR) is 117 cm³/mol. The average Bonchev–Trinajstić information content (AvgIpc) is 2.74. The monoisotopic (exact) mass is 461 g/mol. The first kappa shape index (κ1) is 23.2.